The average molecular weight is 340 g/mol. The summed E-state index contributed by atoms with van der Waals surface area (Å²) in [5, 5.41) is 2.99. The summed E-state index contributed by atoms with van der Waals surface area (Å²) in [5.41, 5.74) is 3.73. The van der Waals surface area contributed by atoms with Crippen molar-refractivity contribution < 1.29 is 14.0 Å². The van der Waals surface area contributed by atoms with Gasteiger partial charge in [0.1, 0.15) is 5.76 Å². The standard InChI is InChI=1S/C20H24N2O3/c1-13-6-7-17(11-14(13)2)21-19(23)16-5-4-9-22(12-16)20(24)18-8-10-25-15(18)3/h6-8,10-11,16H,4-5,9,12H2,1-3H3,(H,21,23)/t16-/m1/s1. The largest absolute Gasteiger partial charge is 0.469 e. The Morgan fingerprint density at radius 3 is 2.64 bits per heavy atom. The van der Waals surface area contributed by atoms with Crippen molar-refractivity contribution in [3.05, 3.63) is 53.0 Å². The summed E-state index contributed by atoms with van der Waals surface area (Å²) >= 11 is 0. The van der Waals surface area contributed by atoms with Crippen LogP contribution < -0.4 is 5.32 Å². The molecular weight excluding hydrogens is 316 g/mol. The lowest BCUT2D eigenvalue weighted by Gasteiger charge is -2.32. The van der Waals surface area contributed by atoms with Gasteiger partial charge in [0.05, 0.1) is 17.7 Å². The molecule has 25 heavy (non-hydrogen) atoms. The van der Waals surface area contributed by atoms with Crippen LogP contribution in [0, 0.1) is 26.7 Å². The molecule has 2 heterocycles. The fraction of sp³-hybridized carbons (Fsp3) is 0.400. The first-order valence-electron chi connectivity index (χ1n) is 8.67. The van der Waals surface area contributed by atoms with E-state index < -0.39 is 0 Å². The molecule has 1 atom stereocenters. The molecule has 5 heteroatoms. The molecule has 3 rings (SSSR count). The van der Waals surface area contributed by atoms with E-state index >= 15 is 0 Å². The van der Waals surface area contributed by atoms with Crippen LogP contribution in [0.3, 0.4) is 0 Å². The molecular formula is C20H24N2O3. The molecule has 1 aromatic heterocycles. The number of hydrogen-bond donors (Lipinski definition) is 1. The molecule has 0 aliphatic carbocycles. The van der Waals surface area contributed by atoms with Crippen molar-refractivity contribution in [3.63, 3.8) is 0 Å². The van der Waals surface area contributed by atoms with Crippen molar-refractivity contribution in [1.82, 2.24) is 4.90 Å². The van der Waals surface area contributed by atoms with Crippen LogP contribution in [0.2, 0.25) is 0 Å². The first-order valence-corrected chi connectivity index (χ1v) is 8.67. The molecule has 0 unspecified atom stereocenters. The monoisotopic (exact) mass is 340 g/mol. The number of carbonyl (C=O) groups is 2. The number of furan rings is 1. The van der Waals surface area contributed by atoms with Crippen molar-refractivity contribution in [2.45, 2.75) is 33.6 Å². The van der Waals surface area contributed by atoms with E-state index in [4.69, 9.17) is 4.42 Å². The van der Waals surface area contributed by atoms with E-state index in [1.54, 1.807) is 17.9 Å². The van der Waals surface area contributed by atoms with E-state index in [9.17, 15) is 9.59 Å². The summed E-state index contributed by atoms with van der Waals surface area (Å²) in [5.74, 6) is 0.345. The van der Waals surface area contributed by atoms with Gasteiger partial charge in [-0.2, -0.15) is 0 Å². The lowest BCUT2D eigenvalue weighted by molar-refractivity contribution is -0.121. The maximum atomic E-state index is 12.6. The second-order valence-electron chi connectivity index (χ2n) is 6.77. The minimum absolute atomic E-state index is 0.0235. The molecule has 2 amide bonds. The highest BCUT2D eigenvalue weighted by molar-refractivity contribution is 5.97. The summed E-state index contributed by atoms with van der Waals surface area (Å²) in [7, 11) is 0. The first kappa shape index (κ1) is 17.3. The van der Waals surface area contributed by atoms with Crippen LogP contribution in [0.25, 0.3) is 0 Å². The molecule has 132 valence electrons. The van der Waals surface area contributed by atoms with Crippen LogP contribution in [-0.4, -0.2) is 29.8 Å². The minimum atomic E-state index is -0.188. The molecule has 2 aromatic rings. The van der Waals surface area contributed by atoms with E-state index in [1.165, 1.54) is 11.8 Å². The van der Waals surface area contributed by atoms with Gasteiger partial charge < -0.3 is 14.6 Å². The number of benzene rings is 1. The topological polar surface area (TPSA) is 62.6 Å². The number of carbonyl (C=O) groups excluding carboxylic acids is 2. The Balaban J connectivity index is 1.66. The molecule has 1 N–H and O–H groups in total. The van der Waals surface area contributed by atoms with Gasteiger partial charge in [0.15, 0.2) is 0 Å². The van der Waals surface area contributed by atoms with E-state index in [2.05, 4.69) is 5.32 Å². The first-order chi connectivity index (χ1) is 12.0. The second-order valence-corrected chi connectivity index (χ2v) is 6.77. The van der Waals surface area contributed by atoms with Crippen molar-refractivity contribution in [2.24, 2.45) is 5.92 Å². The molecule has 0 bridgehead atoms. The third kappa shape index (κ3) is 3.76. The predicted octanol–water partition coefficient (Wildman–Crippen LogP) is 3.70. The van der Waals surface area contributed by atoms with Crippen LogP contribution in [0.5, 0.6) is 0 Å². The highest BCUT2D eigenvalue weighted by Gasteiger charge is 2.30. The third-order valence-electron chi connectivity index (χ3n) is 4.94. The van der Waals surface area contributed by atoms with Gasteiger partial charge in [0.2, 0.25) is 5.91 Å². The van der Waals surface area contributed by atoms with Gasteiger partial charge in [-0.05, 0) is 62.9 Å². The normalized spacial score (nSPS) is 17.4. The number of amides is 2. The number of aryl methyl sites for hydroxylation is 3. The third-order valence-corrected chi connectivity index (χ3v) is 4.94. The van der Waals surface area contributed by atoms with E-state index in [1.807, 2.05) is 32.0 Å². The number of anilines is 1. The Morgan fingerprint density at radius 1 is 1.16 bits per heavy atom. The summed E-state index contributed by atoms with van der Waals surface area (Å²) in [6.45, 7) is 6.97. The lowest BCUT2D eigenvalue weighted by atomic mass is 9.96. The van der Waals surface area contributed by atoms with Crippen LogP contribution in [0.4, 0.5) is 5.69 Å². The highest BCUT2D eigenvalue weighted by atomic mass is 16.3. The molecule has 1 saturated heterocycles. The van der Waals surface area contributed by atoms with Crippen LogP contribution in [-0.2, 0) is 4.79 Å². The zero-order chi connectivity index (χ0) is 18.0. The molecule has 5 nitrogen and oxygen atoms in total. The van der Waals surface area contributed by atoms with Gasteiger partial charge in [0.25, 0.3) is 5.91 Å². The Labute approximate surface area is 148 Å². The number of hydrogen-bond acceptors (Lipinski definition) is 3. The molecule has 1 aliphatic rings. The highest BCUT2D eigenvalue weighted by Crippen LogP contribution is 2.22. The molecule has 1 fully saturated rings. The fourth-order valence-corrected chi connectivity index (χ4v) is 3.22. The predicted molar refractivity (Wildman–Crippen MR) is 96.6 cm³/mol. The van der Waals surface area contributed by atoms with Gasteiger partial charge in [0, 0.05) is 18.8 Å². The Kier molecular flexibility index (Phi) is 4.93. The maximum Gasteiger partial charge on any atom is 0.257 e. The number of nitrogens with one attached hydrogen (secondary N) is 1. The Bertz CT molecular complexity index is 794. The van der Waals surface area contributed by atoms with Gasteiger partial charge in [-0.25, -0.2) is 0 Å². The minimum Gasteiger partial charge on any atom is -0.469 e. The second kappa shape index (κ2) is 7.13. The van der Waals surface area contributed by atoms with Crippen molar-refractivity contribution in [2.75, 3.05) is 18.4 Å². The Morgan fingerprint density at radius 2 is 1.96 bits per heavy atom. The zero-order valence-electron chi connectivity index (χ0n) is 15.0. The van der Waals surface area contributed by atoms with Gasteiger partial charge in [-0.15, -0.1) is 0 Å². The fourth-order valence-electron chi connectivity index (χ4n) is 3.22. The molecule has 1 aromatic carbocycles. The van der Waals surface area contributed by atoms with Crippen molar-refractivity contribution in [1.29, 1.82) is 0 Å². The summed E-state index contributed by atoms with van der Waals surface area (Å²) in [4.78, 5) is 27.0. The van der Waals surface area contributed by atoms with Gasteiger partial charge >= 0.3 is 0 Å². The van der Waals surface area contributed by atoms with E-state index in [0.717, 1.165) is 24.1 Å². The smallest absolute Gasteiger partial charge is 0.257 e. The van der Waals surface area contributed by atoms with Gasteiger partial charge in [-0.1, -0.05) is 6.07 Å². The average Bonchev–Trinajstić information content (AvgIpc) is 3.03. The molecule has 1 aliphatic heterocycles. The Hall–Kier alpha value is -2.56. The van der Waals surface area contributed by atoms with Crippen molar-refractivity contribution in [3.8, 4) is 0 Å². The summed E-state index contributed by atoms with van der Waals surface area (Å²) in [6.07, 6.45) is 3.15. The number of piperidine rings is 1. The number of nitrogens with zero attached hydrogens (tertiary/aromatic N) is 1. The quantitative estimate of drug-likeness (QED) is 0.927. The number of rotatable bonds is 3. The van der Waals surface area contributed by atoms with Crippen LogP contribution in [0.15, 0.2) is 34.9 Å². The lowest BCUT2D eigenvalue weighted by Crippen LogP contribution is -2.43. The summed E-state index contributed by atoms with van der Waals surface area (Å²) < 4.78 is 5.22. The number of likely N-dealkylation sites (tertiary alicyclic amines) is 1. The summed E-state index contributed by atoms with van der Waals surface area (Å²) in [6, 6.07) is 7.59. The SMILES string of the molecule is Cc1ccc(NC(=O)[C@@H]2CCCN(C(=O)c3ccoc3C)C2)cc1C. The van der Waals surface area contributed by atoms with E-state index in [-0.39, 0.29) is 17.7 Å². The zero-order valence-corrected chi connectivity index (χ0v) is 15.0. The molecule has 0 saturated carbocycles. The molecule has 0 radical (unpaired) electrons. The van der Waals surface area contributed by atoms with Crippen LogP contribution in [0.1, 0.15) is 40.1 Å². The maximum absolute atomic E-state index is 12.6. The molecule has 0 spiro atoms. The van der Waals surface area contributed by atoms with Crippen LogP contribution >= 0.6 is 0 Å². The van der Waals surface area contributed by atoms with Gasteiger partial charge in [-0.3, -0.25) is 9.59 Å². The van der Waals surface area contributed by atoms with E-state index in [0.29, 0.717) is 24.4 Å². The van der Waals surface area contributed by atoms with Crippen molar-refractivity contribution >= 4 is 17.5 Å².